The highest BCUT2D eigenvalue weighted by molar-refractivity contribution is 5.78. The molecule has 0 aliphatic heterocycles. The average Bonchev–Trinajstić information content (AvgIpc) is 2.39. The molecule has 1 amide bonds. The van der Waals surface area contributed by atoms with Gasteiger partial charge in [0.15, 0.2) is 0 Å². The van der Waals surface area contributed by atoms with Crippen LogP contribution in [0.1, 0.15) is 45.1 Å². The zero-order valence-corrected chi connectivity index (χ0v) is 12.0. The number of hydrogen-bond acceptors (Lipinski definition) is 2. The lowest BCUT2D eigenvalue weighted by Gasteiger charge is -2.33. The molecule has 0 saturated heterocycles. The van der Waals surface area contributed by atoms with Gasteiger partial charge in [0.05, 0.1) is 0 Å². The molecule has 0 radical (unpaired) electrons. The summed E-state index contributed by atoms with van der Waals surface area (Å²) >= 11 is 0. The van der Waals surface area contributed by atoms with Crippen LogP contribution in [0.25, 0.3) is 0 Å². The Bertz CT molecular complexity index is 404. The van der Waals surface area contributed by atoms with E-state index in [0.29, 0.717) is 5.41 Å². The molecule has 19 heavy (non-hydrogen) atoms. The van der Waals surface area contributed by atoms with Gasteiger partial charge < -0.3 is 5.32 Å². The number of nitrogens with one attached hydrogen (secondary N) is 1. The molecule has 0 spiro atoms. The van der Waals surface area contributed by atoms with Crippen molar-refractivity contribution in [2.24, 2.45) is 11.3 Å². The highest BCUT2D eigenvalue weighted by Crippen LogP contribution is 2.37. The molecule has 104 valence electrons. The SMILES string of the molecule is CC1(C)CCC(C(=O)NCCc2ccncc2)CC1. The standard InChI is InChI=1S/C16H24N2O/c1-16(2)8-3-14(4-9-16)15(19)18-12-7-13-5-10-17-11-6-13/h5-6,10-11,14H,3-4,7-9,12H2,1-2H3,(H,18,19). The van der Waals surface area contributed by atoms with E-state index in [2.05, 4.69) is 24.1 Å². The monoisotopic (exact) mass is 260 g/mol. The lowest BCUT2D eigenvalue weighted by molar-refractivity contribution is -0.126. The number of hydrogen-bond donors (Lipinski definition) is 1. The Hall–Kier alpha value is -1.38. The Labute approximate surface area is 115 Å². The third-order valence-electron chi connectivity index (χ3n) is 4.17. The van der Waals surface area contributed by atoms with Gasteiger partial charge in [-0.3, -0.25) is 9.78 Å². The van der Waals surface area contributed by atoms with E-state index < -0.39 is 0 Å². The van der Waals surface area contributed by atoms with Gasteiger partial charge in [-0.25, -0.2) is 0 Å². The lowest BCUT2D eigenvalue weighted by Crippen LogP contribution is -2.35. The summed E-state index contributed by atoms with van der Waals surface area (Å²) in [5, 5.41) is 3.07. The Morgan fingerprint density at radius 3 is 2.58 bits per heavy atom. The summed E-state index contributed by atoms with van der Waals surface area (Å²) in [5.74, 6) is 0.468. The summed E-state index contributed by atoms with van der Waals surface area (Å²) in [6.07, 6.45) is 8.86. The third kappa shape index (κ3) is 4.34. The molecule has 3 heteroatoms. The van der Waals surface area contributed by atoms with Crippen LogP contribution in [0.5, 0.6) is 0 Å². The van der Waals surface area contributed by atoms with Crippen molar-refractivity contribution in [2.75, 3.05) is 6.54 Å². The first kappa shape index (κ1) is 14.0. The molecule has 2 rings (SSSR count). The van der Waals surface area contributed by atoms with Gasteiger partial charge in [0.1, 0.15) is 0 Å². The van der Waals surface area contributed by atoms with Gasteiger partial charge in [-0.05, 0) is 55.2 Å². The van der Waals surface area contributed by atoms with Gasteiger partial charge in [-0.2, -0.15) is 0 Å². The van der Waals surface area contributed by atoms with Crippen molar-refractivity contribution < 1.29 is 4.79 Å². The van der Waals surface area contributed by atoms with E-state index in [1.165, 1.54) is 5.56 Å². The second-order valence-corrected chi connectivity index (χ2v) is 6.33. The van der Waals surface area contributed by atoms with Crippen LogP contribution in [0.15, 0.2) is 24.5 Å². The normalized spacial score (nSPS) is 19.1. The second-order valence-electron chi connectivity index (χ2n) is 6.33. The van der Waals surface area contributed by atoms with Crippen LogP contribution in [0.4, 0.5) is 0 Å². The van der Waals surface area contributed by atoms with Gasteiger partial charge in [0.25, 0.3) is 0 Å². The fraction of sp³-hybridized carbons (Fsp3) is 0.625. The van der Waals surface area contributed by atoms with E-state index in [1.54, 1.807) is 12.4 Å². The average molecular weight is 260 g/mol. The molecule has 1 heterocycles. The van der Waals surface area contributed by atoms with E-state index >= 15 is 0 Å². The Morgan fingerprint density at radius 2 is 1.95 bits per heavy atom. The summed E-state index contributed by atoms with van der Waals surface area (Å²) in [6.45, 7) is 5.32. The zero-order chi connectivity index (χ0) is 13.7. The topological polar surface area (TPSA) is 42.0 Å². The number of nitrogens with zero attached hydrogens (tertiary/aromatic N) is 1. The van der Waals surface area contributed by atoms with Crippen molar-refractivity contribution in [3.8, 4) is 0 Å². The molecule has 0 unspecified atom stereocenters. The van der Waals surface area contributed by atoms with Gasteiger partial charge in [-0.1, -0.05) is 13.8 Å². The molecule has 0 aromatic carbocycles. The Balaban J connectivity index is 1.70. The highest BCUT2D eigenvalue weighted by atomic mass is 16.1. The molecule has 1 aliphatic carbocycles. The van der Waals surface area contributed by atoms with E-state index in [-0.39, 0.29) is 11.8 Å². The predicted molar refractivity (Wildman–Crippen MR) is 76.7 cm³/mol. The quantitative estimate of drug-likeness (QED) is 0.904. The van der Waals surface area contributed by atoms with Crippen LogP contribution >= 0.6 is 0 Å². The maximum Gasteiger partial charge on any atom is 0.223 e. The maximum atomic E-state index is 12.1. The van der Waals surface area contributed by atoms with E-state index in [0.717, 1.165) is 38.6 Å². The van der Waals surface area contributed by atoms with E-state index in [1.807, 2.05) is 12.1 Å². The largest absolute Gasteiger partial charge is 0.356 e. The minimum absolute atomic E-state index is 0.227. The van der Waals surface area contributed by atoms with Gasteiger partial charge >= 0.3 is 0 Å². The van der Waals surface area contributed by atoms with Gasteiger partial charge in [-0.15, -0.1) is 0 Å². The smallest absolute Gasteiger partial charge is 0.223 e. The molecule has 1 fully saturated rings. The van der Waals surface area contributed by atoms with Crippen LogP contribution < -0.4 is 5.32 Å². The van der Waals surface area contributed by atoms with Crippen LogP contribution in [0.2, 0.25) is 0 Å². The first-order valence-electron chi connectivity index (χ1n) is 7.23. The zero-order valence-electron chi connectivity index (χ0n) is 12.0. The number of rotatable bonds is 4. The minimum Gasteiger partial charge on any atom is -0.356 e. The number of carbonyl (C=O) groups is 1. The Morgan fingerprint density at radius 1 is 1.32 bits per heavy atom. The predicted octanol–water partition coefficient (Wildman–Crippen LogP) is 2.96. The third-order valence-corrected chi connectivity index (χ3v) is 4.17. The van der Waals surface area contributed by atoms with Crippen molar-refractivity contribution in [1.29, 1.82) is 0 Å². The first-order valence-corrected chi connectivity index (χ1v) is 7.23. The molecular weight excluding hydrogens is 236 g/mol. The molecule has 3 nitrogen and oxygen atoms in total. The van der Waals surface area contributed by atoms with E-state index in [4.69, 9.17) is 0 Å². The molecular formula is C16H24N2O. The second kappa shape index (κ2) is 6.18. The first-order chi connectivity index (χ1) is 9.07. The van der Waals surface area contributed by atoms with E-state index in [9.17, 15) is 4.79 Å². The molecule has 1 aromatic rings. The Kier molecular flexibility index (Phi) is 4.56. The maximum absolute atomic E-state index is 12.1. The fourth-order valence-corrected chi connectivity index (χ4v) is 2.69. The minimum atomic E-state index is 0.227. The number of carbonyl (C=O) groups excluding carboxylic acids is 1. The van der Waals surface area contributed by atoms with Gasteiger partial charge in [0.2, 0.25) is 5.91 Å². The van der Waals surface area contributed by atoms with Crippen molar-refractivity contribution in [1.82, 2.24) is 10.3 Å². The van der Waals surface area contributed by atoms with Gasteiger partial charge in [0, 0.05) is 24.9 Å². The lowest BCUT2D eigenvalue weighted by atomic mass is 9.73. The summed E-state index contributed by atoms with van der Waals surface area (Å²) < 4.78 is 0. The van der Waals surface area contributed by atoms with Crippen molar-refractivity contribution in [3.05, 3.63) is 30.1 Å². The summed E-state index contributed by atoms with van der Waals surface area (Å²) in [5.41, 5.74) is 1.65. The van der Waals surface area contributed by atoms with Crippen molar-refractivity contribution in [3.63, 3.8) is 0 Å². The van der Waals surface area contributed by atoms with Crippen LogP contribution in [-0.2, 0) is 11.2 Å². The number of aromatic nitrogens is 1. The summed E-state index contributed by atoms with van der Waals surface area (Å²) in [6, 6.07) is 3.99. The number of amides is 1. The molecule has 0 atom stereocenters. The molecule has 0 bridgehead atoms. The van der Waals surface area contributed by atoms with Crippen LogP contribution in [0, 0.1) is 11.3 Å². The summed E-state index contributed by atoms with van der Waals surface area (Å²) in [7, 11) is 0. The highest BCUT2D eigenvalue weighted by Gasteiger charge is 2.30. The molecule has 1 aromatic heterocycles. The fourth-order valence-electron chi connectivity index (χ4n) is 2.69. The van der Waals surface area contributed by atoms with Crippen molar-refractivity contribution in [2.45, 2.75) is 46.0 Å². The van der Waals surface area contributed by atoms with Crippen LogP contribution in [0.3, 0.4) is 0 Å². The van der Waals surface area contributed by atoms with Crippen molar-refractivity contribution >= 4 is 5.91 Å². The number of pyridine rings is 1. The molecule has 1 aliphatic rings. The molecule has 1 saturated carbocycles. The molecule has 1 N–H and O–H groups in total. The summed E-state index contributed by atoms with van der Waals surface area (Å²) in [4.78, 5) is 16.1. The van der Waals surface area contributed by atoms with Crippen LogP contribution in [-0.4, -0.2) is 17.4 Å².